The van der Waals surface area contributed by atoms with Crippen molar-refractivity contribution in [2.75, 3.05) is 0 Å². The molecule has 0 aromatic heterocycles. The van der Waals surface area contributed by atoms with Gasteiger partial charge in [0.15, 0.2) is 5.76 Å². The summed E-state index contributed by atoms with van der Waals surface area (Å²) in [5.41, 5.74) is 7.70. The molecule has 0 amide bonds. The maximum absolute atomic E-state index is 5.79. The number of hydrogen-bond acceptors (Lipinski definition) is 2. The van der Waals surface area contributed by atoms with Gasteiger partial charge in [0.05, 0.1) is 0 Å². The Bertz CT molecular complexity index is 841. The molecule has 1 heterocycles. The third kappa shape index (κ3) is 2.42. The van der Waals surface area contributed by atoms with E-state index in [2.05, 4.69) is 85.7 Å². The first-order chi connectivity index (χ1) is 11.2. The Labute approximate surface area is 135 Å². The highest BCUT2D eigenvalue weighted by molar-refractivity contribution is 5.89. The predicted molar refractivity (Wildman–Crippen MR) is 93.5 cm³/mol. The molecule has 0 spiro atoms. The standard InChI is InChI=1S/C21H17NO/c1-14-6-10-16(11-7-14)20-18-4-3-5-19(18)21(23-22-20)17-12-8-15(2)9-13-17/h3-13H,1-2H3. The molecule has 23 heavy (non-hydrogen) atoms. The molecule has 4 rings (SSSR count). The summed E-state index contributed by atoms with van der Waals surface area (Å²) in [6.07, 6.45) is 0. The van der Waals surface area contributed by atoms with Crippen molar-refractivity contribution in [3.63, 3.8) is 0 Å². The summed E-state index contributed by atoms with van der Waals surface area (Å²) in [5, 5.41) is 4.40. The fourth-order valence-corrected chi connectivity index (χ4v) is 2.85. The summed E-state index contributed by atoms with van der Waals surface area (Å²) >= 11 is 0. The highest BCUT2D eigenvalue weighted by atomic mass is 16.5. The van der Waals surface area contributed by atoms with Crippen molar-refractivity contribution >= 4 is 0 Å². The molecule has 0 saturated carbocycles. The Hall–Kier alpha value is -2.87. The van der Waals surface area contributed by atoms with Gasteiger partial charge >= 0.3 is 0 Å². The van der Waals surface area contributed by atoms with Crippen LogP contribution in [0.5, 0.6) is 0 Å². The highest BCUT2D eigenvalue weighted by Crippen LogP contribution is 2.39. The molecule has 1 aliphatic heterocycles. The summed E-state index contributed by atoms with van der Waals surface area (Å²) in [4.78, 5) is 0. The molecule has 2 aromatic carbocycles. The Balaban J connectivity index is 1.87. The van der Waals surface area contributed by atoms with Crippen LogP contribution >= 0.6 is 0 Å². The summed E-state index contributed by atoms with van der Waals surface area (Å²) < 4.78 is 5.79. The van der Waals surface area contributed by atoms with Crippen LogP contribution in [0.3, 0.4) is 0 Å². The van der Waals surface area contributed by atoms with Crippen molar-refractivity contribution in [1.29, 1.82) is 0 Å². The SMILES string of the molecule is Cc1ccc(-c2noc(-c3ccc(C)cc3)c3cccc2-3)cc1. The fraction of sp³-hybridized carbons (Fsp3) is 0.0952. The van der Waals surface area contributed by atoms with Crippen molar-refractivity contribution in [3.8, 4) is 33.7 Å². The van der Waals surface area contributed by atoms with Gasteiger partial charge in [0, 0.05) is 22.3 Å². The molecule has 0 fully saturated rings. The Morgan fingerprint density at radius 3 is 1.87 bits per heavy atom. The number of hydrogen-bond donors (Lipinski definition) is 0. The van der Waals surface area contributed by atoms with E-state index in [0.717, 1.165) is 33.7 Å². The first-order valence-electron chi connectivity index (χ1n) is 7.75. The zero-order valence-electron chi connectivity index (χ0n) is 13.2. The van der Waals surface area contributed by atoms with Gasteiger partial charge in [-0.3, -0.25) is 0 Å². The summed E-state index contributed by atoms with van der Waals surface area (Å²) in [5.74, 6) is 0.820. The van der Waals surface area contributed by atoms with E-state index in [1.54, 1.807) is 0 Å². The van der Waals surface area contributed by atoms with Crippen LogP contribution in [0.1, 0.15) is 11.1 Å². The number of aryl methyl sites for hydroxylation is 2. The van der Waals surface area contributed by atoms with E-state index < -0.39 is 0 Å². The van der Waals surface area contributed by atoms with Crippen LogP contribution in [0.2, 0.25) is 0 Å². The van der Waals surface area contributed by atoms with Gasteiger partial charge in [-0.1, -0.05) is 83.0 Å². The molecule has 2 nitrogen and oxygen atoms in total. The van der Waals surface area contributed by atoms with Crippen molar-refractivity contribution < 1.29 is 4.52 Å². The predicted octanol–water partition coefficient (Wildman–Crippen LogP) is 5.73. The van der Waals surface area contributed by atoms with Gasteiger partial charge in [0.25, 0.3) is 0 Å². The molecule has 0 saturated heterocycles. The van der Waals surface area contributed by atoms with E-state index in [9.17, 15) is 0 Å². The molecule has 2 aromatic rings. The average molecular weight is 299 g/mol. The average Bonchev–Trinajstić information content (AvgIpc) is 3.05. The molecule has 0 atom stereocenters. The lowest BCUT2D eigenvalue weighted by molar-refractivity contribution is 0.418. The molecular formula is C21H17NO. The second-order valence-corrected chi connectivity index (χ2v) is 5.95. The van der Waals surface area contributed by atoms with Crippen LogP contribution in [-0.4, -0.2) is 5.16 Å². The van der Waals surface area contributed by atoms with E-state index in [4.69, 9.17) is 4.52 Å². The molecule has 0 N–H and O–H groups in total. The Morgan fingerprint density at radius 1 is 0.652 bits per heavy atom. The lowest BCUT2D eigenvalue weighted by Crippen LogP contribution is -1.92. The van der Waals surface area contributed by atoms with Gasteiger partial charge in [-0.25, -0.2) is 0 Å². The minimum absolute atomic E-state index is 0.820. The number of nitrogens with zero attached hydrogens (tertiary/aromatic N) is 1. The second kappa shape index (κ2) is 5.40. The van der Waals surface area contributed by atoms with Crippen LogP contribution in [0.25, 0.3) is 33.7 Å². The summed E-state index contributed by atoms with van der Waals surface area (Å²) in [6, 6.07) is 23.0. The van der Waals surface area contributed by atoms with Gasteiger partial charge in [0.2, 0.25) is 0 Å². The lowest BCUT2D eigenvalue weighted by atomic mass is 9.99. The van der Waals surface area contributed by atoms with Crippen LogP contribution in [0.4, 0.5) is 0 Å². The monoisotopic (exact) mass is 299 g/mol. The maximum atomic E-state index is 5.79. The second-order valence-electron chi connectivity index (χ2n) is 5.95. The van der Waals surface area contributed by atoms with E-state index in [1.807, 2.05) is 0 Å². The lowest BCUT2D eigenvalue weighted by Gasteiger charge is -2.11. The number of benzene rings is 2. The number of fused-ring (bicyclic) bond motifs is 1. The molecule has 2 heteroatoms. The zero-order chi connectivity index (χ0) is 15.8. The van der Waals surface area contributed by atoms with Crippen molar-refractivity contribution in [3.05, 3.63) is 77.9 Å². The molecule has 0 radical (unpaired) electrons. The molecule has 0 bridgehead atoms. The largest absolute Gasteiger partial charge is 0.355 e. The van der Waals surface area contributed by atoms with Gasteiger partial charge in [-0.05, 0) is 13.8 Å². The van der Waals surface area contributed by atoms with E-state index in [-0.39, 0.29) is 0 Å². The van der Waals surface area contributed by atoms with Crippen LogP contribution < -0.4 is 0 Å². The van der Waals surface area contributed by atoms with Crippen LogP contribution in [0, 0.1) is 13.8 Å². The molecule has 0 unspecified atom stereocenters. The van der Waals surface area contributed by atoms with Crippen molar-refractivity contribution in [2.24, 2.45) is 0 Å². The van der Waals surface area contributed by atoms with Gasteiger partial charge in [-0.2, -0.15) is 0 Å². The topological polar surface area (TPSA) is 26.0 Å². The minimum Gasteiger partial charge on any atom is -0.355 e. The fourth-order valence-electron chi connectivity index (χ4n) is 2.85. The van der Waals surface area contributed by atoms with Crippen molar-refractivity contribution in [2.45, 2.75) is 13.8 Å². The third-order valence-corrected chi connectivity index (χ3v) is 4.18. The van der Waals surface area contributed by atoms with Gasteiger partial charge < -0.3 is 4.52 Å². The Morgan fingerprint density at radius 2 is 1.22 bits per heavy atom. The first-order valence-corrected chi connectivity index (χ1v) is 7.75. The molecule has 1 aliphatic carbocycles. The molecular weight excluding hydrogens is 282 g/mol. The quantitative estimate of drug-likeness (QED) is 0.472. The Kier molecular flexibility index (Phi) is 3.23. The van der Waals surface area contributed by atoms with E-state index >= 15 is 0 Å². The van der Waals surface area contributed by atoms with E-state index in [0.29, 0.717) is 0 Å². The van der Waals surface area contributed by atoms with Gasteiger partial charge in [-0.15, -0.1) is 0 Å². The maximum Gasteiger partial charge on any atom is 0.173 e. The van der Waals surface area contributed by atoms with Gasteiger partial charge in [0.1, 0.15) is 5.69 Å². The molecule has 112 valence electrons. The van der Waals surface area contributed by atoms with Crippen LogP contribution in [0.15, 0.2) is 71.3 Å². The summed E-state index contributed by atoms with van der Waals surface area (Å²) in [7, 11) is 0. The zero-order valence-corrected chi connectivity index (χ0v) is 13.2. The number of rotatable bonds is 2. The number of aromatic nitrogens is 1. The molecule has 2 aliphatic rings. The smallest absolute Gasteiger partial charge is 0.173 e. The van der Waals surface area contributed by atoms with Crippen LogP contribution in [-0.2, 0) is 0 Å². The van der Waals surface area contributed by atoms with Crippen molar-refractivity contribution in [1.82, 2.24) is 5.16 Å². The van der Waals surface area contributed by atoms with E-state index in [1.165, 1.54) is 11.1 Å². The normalized spacial score (nSPS) is 11.0. The third-order valence-electron chi connectivity index (χ3n) is 4.18. The first kappa shape index (κ1) is 13.8. The minimum atomic E-state index is 0.820. The summed E-state index contributed by atoms with van der Waals surface area (Å²) in [6.45, 7) is 4.16. The highest BCUT2D eigenvalue weighted by Gasteiger charge is 2.19.